The number of rotatable bonds is 9. The molecule has 1 atom stereocenters. The Kier molecular flexibility index (Phi) is 8.03. The number of carbonyl (C=O) groups is 1. The van der Waals surface area contributed by atoms with E-state index in [4.69, 9.17) is 14.2 Å². The molecule has 1 aliphatic rings. The molecule has 1 amide bonds. The van der Waals surface area contributed by atoms with E-state index in [2.05, 4.69) is 41.4 Å². The lowest BCUT2D eigenvalue weighted by atomic mass is 10.0. The molecule has 0 bridgehead atoms. The molecule has 1 fully saturated rings. The number of ether oxygens (including phenoxy) is 3. The molecule has 3 aromatic rings. The van der Waals surface area contributed by atoms with Gasteiger partial charge in [-0.15, -0.1) is 0 Å². The summed E-state index contributed by atoms with van der Waals surface area (Å²) in [5.74, 6) is 0.690. The number of hydrogen-bond donors (Lipinski definition) is 0. The second-order valence-corrected chi connectivity index (χ2v) is 9.83. The summed E-state index contributed by atoms with van der Waals surface area (Å²) in [7, 11) is 0. The van der Waals surface area contributed by atoms with Gasteiger partial charge in [0.15, 0.2) is 0 Å². The van der Waals surface area contributed by atoms with Crippen LogP contribution >= 0.6 is 0 Å². The van der Waals surface area contributed by atoms with Gasteiger partial charge in [0.2, 0.25) is 0 Å². The van der Waals surface area contributed by atoms with Crippen LogP contribution in [0.3, 0.4) is 0 Å². The number of likely N-dealkylation sites (tertiary alicyclic amines) is 1. The Morgan fingerprint density at radius 3 is 2.54 bits per heavy atom. The minimum absolute atomic E-state index is 0.0210. The second kappa shape index (κ2) is 11.4. The molecule has 1 saturated heterocycles. The largest absolute Gasteiger partial charge is 0.490 e. The molecule has 0 radical (unpaired) electrons. The van der Waals surface area contributed by atoms with Gasteiger partial charge in [-0.25, -0.2) is 4.79 Å². The molecule has 35 heavy (non-hydrogen) atoms. The molecule has 184 valence electrons. The lowest BCUT2D eigenvalue weighted by Crippen LogP contribution is -2.55. The van der Waals surface area contributed by atoms with E-state index in [0.29, 0.717) is 32.1 Å². The first-order valence-electron chi connectivity index (χ1n) is 12.2. The van der Waals surface area contributed by atoms with Gasteiger partial charge in [0, 0.05) is 18.3 Å². The number of carbonyl (C=O) groups excluding carboxylic acids is 1. The van der Waals surface area contributed by atoms with Crippen LogP contribution in [-0.4, -0.2) is 47.4 Å². The smallest absolute Gasteiger partial charge is 0.410 e. The number of nitrogens with zero attached hydrogens (tertiary/aromatic N) is 2. The standard InChI is InChI=1S/C29H34N2O4/c1-29(2,3)35-28(32)31-14-12-26(31)21-34-27-17-25(18-30-19-27)24-11-7-10-22(16-24)13-15-33-20-23-8-5-4-6-9-23/h4-11,16-19,26H,12-15,20-21H2,1-3H3/t26-/m0/s1. The van der Waals surface area contributed by atoms with Gasteiger partial charge < -0.3 is 19.1 Å². The van der Waals surface area contributed by atoms with E-state index in [0.717, 1.165) is 24.0 Å². The summed E-state index contributed by atoms with van der Waals surface area (Å²) in [6.45, 7) is 8.03. The number of amides is 1. The lowest BCUT2D eigenvalue weighted by molar-refractivity contribution is -0.0141. The summed E-state index contributed by atoms with van der Waals surface area (Å²) in [5, 5.41) is 0. The van der Waals surface area contributed by atoms with Crippen molar-refractivity contribution in [2.75, 3.05) is 19.8 Å². The first-order chi connectivity index (χ1) is 16.9. The predicted octanol–water partition coefficient (Wildman–Crippen LogP) is 5.90. The van der Waals surface area contributed by atoms with E-state index in [1.807, 2.05) is 51.2 Å². The second-order valence-electron chi connectivity index (χ2n) is 9.83. The van der Waals surface area contributed by atoms with Crippen molar-refractivity contribution in [3.8, 4) is 16.9 Å². The van der Waals surface area contributed by atoms with Crippen LogP contribution in [0.25, 0.3) is 11.1 Å². The van der Waals surface area contributed by atoms with Gasteiger partial charge in [-0.05, 0) is 56.4 Å². The van der Waals surface area contributed by atoms with Crippen molar-refractivity contribution < 1.29 is 19.0 Å². The molecule has 4 rings (SSSR count). The highest BCUT2D eigenvalue weighted by molar-refractivity contribution is 5.69. The van der Waals surface area contributed by atoms with E-state index < -0.39 is 5.60 Å². The Balaban J connectivity index is 1.29. The highest BCUT2D eigenvalue weighted by Crippen LogP contribution is 2.26. The predicted molar refractivity (Wildman–Crippen MR) is 136 cm³/mol. The maximum atomic E-state index is 12.3. The van der Waals surface area contributed by atoms with Crippen molar-refractivity contribution in [2.24, 2.45) is 0 Å². The summed E-state index contributed by atoms with van der Waals surface area (Å²) in [6.07, 6.45) is 5.01. The zero-order valence-electron chi connectivity index (χ0n) is 20.8. The van der Waals surface area contributed by atoms with Gasteiger partial charge in [0.1, 0.15) is 18.0 Å². The zero-order valence-corrected chi connectivity index (χ0v) is 20.8. The van der Waals surface area contributed by atoms with Crippen LogP contribution in [0.5, 0.6) is 5.75 Å². The fourth-order valence-electron chi connectivity index (χ4n) is 3.88. The third-order valence-electron chi connectivity index (χ3n) is 5.83. The average molecular weight is 475 g/mol. The zero-order chi connectivity index (χ0) is 24.7. The number of benzene rings is 2. The Morgan fingerprint density at radius 1 is 1.00 bits per heavy atom. The maximum absolute atomic E-state index is 12.3. The van der Waals surface area contributed by atoms with Crippen molar-refractivity contribution in [3.63, 3.8) is 0 Å². The van der Waals surface area contributed by atoms with E-state index in [9.17, 15) is 4.79 Å². The van der Waals surface area contributed by atoms with Crippen LogP contribution in [0.1, 0.15) is 38.3 Å². The van der Waals surface area contributed by atoms with Gasteiger partial charge in [0.25, 0.3) is 0 Å². The fourth-order valence-corrected chi connectivity index (χ4v) is 3.88. The molecule has 0 spiro atoms. The highest BCUT2D eigenvalue weighted by atomic mass is 16.6. The Hall–Kier alpha value is -3.38. The van der Waals surface area contributed by atoms with Crippen molar-refractivity contribution in [1.29, 1.82) is 0 Å². The third kappa shape index (κ3) is 7.30. The van der Waals surface area contributed by atoms with E-state index >= 15 is 0 Å². The summed E-state index contributed by atoms with van der Waals surface area (Å²) in [6, 6.07) is 20.6. The van der Waals surface area contributed by atoms with Crippen molar-refractivity contribution >= 4 is 6.09 Å². The Bertz CT molecular complexity index is 1110. The van der Waals surface area contributed by atoms with E-state index in [1.54, 1.807) is 11.1 Å². The molecule has 0 aliphatic carbocycles. The van der Waals surface area contributed by atoms with Crippen LogP contribution in [0.4, 0.5) is 4.79 Å². The average Bonchev–Trinajstić information content (AvgIpc) is 2.81. The normalized spacial score (nSPS) is 15.4. The van der Waals surface area contributed by atoms with Crippen LogP contribution in [-0.2, 0) is 22.5 Å². The van der Waals surface area contributed by atoms with Crippen molar-refractivity contribution in [1.82, 2.24) is 9.88 Å². The minimum atomic E-state index is -0.501. The monoisotopic (exact) mass is 474 g/mol. The molecule has 0 unspecified atom stereocenters. The quantitative estimate of drug-likeness (QED) is 0.362. The van der Waals surface area contributed by atoms with Crippen LogP contribution in [0.2, 0.25) is 0 Å². The van der Waals surface area contributed by atoms with Gasteiger partial charge in [-0.3, -0.25) is 4.98 Å². The Labute approximate surface area is 207 Å². The number of pyridine rings is 1. The fraction of sp³-hybridized carbons (Fsp3) is 0.379. The van der Waals surface area contributed by atoms with Gasteiger partial charge >= 0.3 is 6.09 Å². The summed E-state index contributed by atoms with van der Waals surface area (Å²) < 4.78 is 17.3. The number of aromatic nitrogens is 1. The van der Waals surface area contributed by atoms with Gasteiger partial charge in [0.05, 0.1) is 25.5 Å². The molecule has 0 saturated carbocycles. The summed E-state index contributed by atoms with van der Waals surface area (Å²) in [5.41, 5.74) is 3.97. The van der Waals surface area contributed by atoms with E-state index in [-0.39, 0.29) is 12.1 Å². The molecular formula is C29H34N2O4. The molecule has 2 heterocycles. The molecule has 1 aromatic heterocycles. The number of hydrogen-bond acceptors (Lipinski definition) is 5. The SMILES string of the molecule is CC(C)(C)OC(=O)N1CC[C@H]1COc1cncc(-c2cccc(CCOCc3ccccc3)c2)c1. The first-order valence-corrected chi connectivity index (χ1v) is 12.2. The van der Waals surface area contributed by atoms with Crippen molar-refractivity contribution in [3.05, 3.63) is 84.2 Å². The molecular weight excluding hydrogens is 440 g/mol. The molecule has 6 nitrogen and oxygen atoms in total. The molecule has 0 N–H and O–H groups in total. The maximum Gasteiger partial charge on any atom is 0.410 e. The highest BCUT2D eigenvalue weighted by Gasteiger charge is 2.35. The van der Waals surface area contributed by atoms with Crippen molar-refractivity contribution in [2.45, 2.75) is 51.9 Å². The van der Waals surface area contributed by atoms with Crippen LogP contribution in [0, 0.1) is 0 Å². The topological polar surface area (TPSA) is 60.9 Å². The summed E-state index contributed by atoms with van der Waals surface area (Å²) >= 11 is 0. The summed E-state index contributed by atoms with van der Waals surface area (Å²) in [4.78, 5) is 18.4. The lowest BCUT2D eigenvalue weighted by Gasteiger charge is -2.40. The van der Waals surface area contributed by atoms with E-state index in [1.165, 1.54) is 11.1 Å². The van der Waals surface area contributed by atoms with Crippen LogP contribution in [0.15, 0.2) is 73.1 Å². The first kappa shape index (κ1) is 24.7. The van der Waals surface area contributed by atoms with Gasteiger partial charge in [-0.1, -0.05) is 54.6 Å². The van der Waals surface area contributed by atoms with Crippen LogP contribution < -0.4 is 4.74 Å². The Morgan fingerprint density at radius 2 is 1.80 bits per heavy atom. The molecule has 2 aromatic carbocycles. The minimum Gasteiger partial charge on any atom is -0.490 e. The third-order valence-corrected chi connectivity index (χ3v) is 5.83. The molecule has 6 heteroatoms. The molecule has 1 aliphatic heterocycles. The van der Waals surface area contributed by atoms with Gasteiger partial charge in [-0.2, -0.15) is 0 Å².